The molecule has 5 heterocycles. The number of pyridine rings is 2. The Kier molecular flexibility index (Phi) is 8.86. The highest BCUT2D eigenvalue weighted by atomic mass is 32.1. The highest BCUT2D eigenvalue weighted by molar-refractivity contribution is 7.19. The summed E-state index contributed by atoms with van der Waals surface area (Å²) in [7, 11) is 0. The minimum absolute atomic E-state index is 0.0580. The Bertz CT molecular complexity index is 1790. The van der Waals surface area contributed by atoms with Crippen molar-refractivity contribution in [3.05, 3.63) is 46.1 Å². The third-order valence-corrected chi connectivity index (χ3v) is 10.1. The van der Waals surface area contributed by atoms with Gasteiger partial charge in [-0.1, -0.05) is 13.8 Å². The standard InChI is InChI=1S/C29H30F3N5O3S.C2HF3O2/c1-13-8-19(29(30,31)32)35-23(20(13)25(38)37-14(2)10-33-11-15(37)3)17-6-7-34-18-9-16(41-24(17)18)12-36-26(39)21-22(27(36)40)28(21,4)5;3-2(4,5)1(6)7/h6-9,14-15,21-22,33H,10-12H2,1-5H3;(H,6,7)/t14-,15-,21?,22?;/m1./s1. The van der Waals surface area contributed by atoms with Gasteiger partial charge in [-0.2, -0.15) is 26.3 Å². The maximum absolute atomic E-state index is 14.0. The van der Waals surface area contributed by atoms with Crippen LogP contribution in [-0.4, -0.2) is 79.9 Å². The molecule has 0 aromatic carbocycles. The first-order valence-corrected chi connectivity index (χ1v) is 15.6. The van der Waals surface area contributed by atoms with Crippen LogP contribution in [0.2, 0.25) is 0 Å². The van der Waals surface area contributed by atoms with E-state index in [1.54, 1.807) is 17.0 Å². The molecule has 48 heavy (non-hydrogen) atoms. The molecule has 3 aromatic heterocycles. The third kappa shape index (κ3) is 6.24. The Morgan fingerprint density at radius 1 is 1.04 bits per heavy atom. The molecule has 3 aliphatic rings. The van der Waals surface area contributed by atoms with Crippen molar-refractivity contribution >= 4 is 45.2 Å². The first-order chi connectivity index (χ1) is 22.2. The lowest BCUT2D eigenvalue weighted by atomic mass is 9.97. The normalized spacial score (nSPS) is 23.6. The third-order valence-electron chi connectivity index (χ3n) is 8.95. The molecule has 0 spiro atoms. The average Bonchev–Trinajstić information content (AvgIpc) is 3.20. The van der Waals surface area contributed by atoms with Crippen LogP contribution in [0.4, 0.5) is 26.3 Å². The van der Waals surface area contributed by atoms with Gasteiger partial charge >= 0.3 is 18.3 Å². The van der Waals surface area contributed by atoms with Gasteiger partial charge < -0.3 is 15.3 Å². The van der Waals surface area contributed by atoms with Crippen molar-refractivity contribution < 1.29 is 50.6 Å². The summed E-state index contributed by atoms with van der Waals surface area (Å²) in [5.41, 5.74) is -0.323. The van der Waals surface area contributed by atoms with E-state index < -0.39 is 24.0 Å². The number of carboxylic acids is 1. The van der Waals surface area contributed by atoms with Crippen LogP contribution in [-0.2, 0) is 27.1 Å². The summed E-state index contributed by atoms with van der Waals surface area (Å²) in [4.78, 5) is 60.8. The first-order valence-electron chi connectivity index (χ1n) is 14.8. The number of imide groups is 1. The molecule has 10 nitrogen and oxygen atoms in total. The number of rotatable bonds is 4. The Hall–Kier alpha value is -4.12. The van der Waals surface area contributed by atoms with Crippen molar-refractivity contribution in [3.8, 4) is 11.3 Å². The van der Waals surface area contributed by atoms with Crippen LogP contribution >= 0.6 is 11.3 Å². The number of likely N-dealkylation sites (tertiary alicyclic amines) is 1. The van der Waals surface area contributed by atoms with Gasteiger partial charge in [-0.15, -0.1) is 11.3 Å². The number of fused-ring (bicyclic) bond motifs is 2. The van der Waals surface area contributed by atoms with E-state index in [4.69, 9.17) is 9.90 Å². The molecule has 2 unspecified atom stereocenters. The maximum atomic E-state index is 14.0. The minimum atomic E-state index is -5.08. The molecule has 0 bridgehead atoms. The Labute approximate surface area is 274 Å². The van der Waals surface area contributed by atoms with Crippen molar-refractivity contribution in [2.45, 2.75) is 65.6 Å². The van der Waals surface area contributed by atoms with E-state index in [1.165, 1.54) is 29.4 Å². The number of carbonyl (C=O) groups is 4. The number of aryl methyl sites for hydroxylation is 1. The van der Waals surface area contributed by atoms with Gasteiger partial charge in [-0.25, -0.2) is 9.78 Å². The number of piperazine rings is 1. The SMILES string of the molecule is Cc1cc(C(F)(F)F)nc(-c2ccnc3cc(CN4C(=O)C5C(C4=O)C5(C)C)sc23)c1C(=O)N1[C@H](C)CNC[C@H]1C.O=C(O)C(F)(F)F. The lowest BCUT2D eigenvalue weighted by Crippen LogP contribution is -2.57. The second kappa shape index (κ2) is 12.1. The molecule has 6 rings (SSSR count). The maximum Gasteiger partial charge on any atom is 0.490 e. The monoisotopic (exact) mass is 699 g/mol. The summed E-state index contributed by atoms with van der Waals surface area (Å²) in [6.07, 6.45) is -8.33. The summed E-state index contributed by atoms with van der Waals surface area (Å²) in [5, 5.41) is 10.4. The van der Waals surface area contributed by atoms with Crippen LogP contribution in [0.5, 0.6) is 0 Å². The molecular formula is C31H31F6N5O5S. The van der Waals surface area contributed by atoms with Crippen LogP contribution in [0.3, 0.4) is 0 Å². The van der Waals surface area contributed by atoms with Gasteiger partial charge in [-0.05, 0) is 49.9 Å². The number of hydrogen-bond donors (Lipinski definition) is 2. The predicted molar refractivity (Wildman–Crippen MR) is 161 cm³/mol. The summed E-state index contributed by atoms with van der Waals surface area (Å²) < 4.78 is 74.1. The van der Waals surface area contributed by atoms with Crippen molar-refractivity contribution in [3.63, 3.8) is 0 Å². The summed E-state index contributed by atoms with van der Waals surface area (Å²) >= 11 is 1.24. The van der Waals surface area contributed by atoms with Crippen molar-refractivity contribution in [1.82, 2.24) is 25.1 Å². The molecule has 2 N–H and O–H groups in total. The Balaban J connectivity index is 0.000000582. The van der Waals surface area contributed by atoms with Gasteiger partial charge in [-0.3, -0.25) is 24.3 Å². The van der Waals surface area contributed by atoms with Crippen LogP contribution < -0.4 is 5.32 Å². The minimum Gasteiger partial charge on any atom is -0.475 e. The lowest BCUT2D eigenvalue weighted by molar-refractivity contribution is -0.192. The number of amides is 3. The van der Waals surface area contributed by atoms with E-state index in [1.807, 2.05) is 27.7 Å². The zero-order valence-corrected chi connectivity index (χ0v) is 27.1. The molecule has 2 saturated heterocycles. The lowest BCUT2D eigenvalue weighted by Gasteiger charge is -2.40. The number of aliphatic carboxylic acids is 1. The number of nitrogens with one attached hydrogen (secondary N) is 1. The fraction of sp³-hybridized carbons (Fsp3) is 0.484. The van der Waals surface area contributed by atoms with Crippen LogP contribution in [0.1, 0.15) is 54.2 Å². The number of hydrogen-bond acceptors (Lipinski definition) is 8. The number of carbonyl (C=O) groups excluding carboxylic acids is 3. The molecule has 3 fully saturated rings. The van der Waals surface area contributed by atoms with E-state index >= 15 is 0 Å². The number of carboxylic acid groups (broad SMARTS) is 1. The number of thiophene rings is 1. The molecule has 3 aromatic rings. The summed E-state index contributed by atoms with van der Waals surface area (Å²) in [5.74, 6) is -4.14. The Morgan fingerprint density at radius 3 is 2.12 bits per heavy atom. The Morgan fingerprint density at radius 2 is 1.60 bits per heavy atom. The second-order valence-corrected chi connectivity index (χ2v) is 13.9. The topological polar surface area (TPSA) is 133 Å². The van der Waals surface area contributed by atoms with E-state index in [0.29, 0.717) is 33.7 Å². The molecule has 3 amide bonds. The number of nitrogens with zero attached hydrogens (tertiary/aromatic N) is 4. The molecule has 4 atom stereocenters. The van der Waals surface area contributed by atoms with Crippen molar-refractivity contribution in [2.24, 2.45) is 17.3 Å². The number of halogens is 6. The van der Waals surface area contributed by atoms with Gasteiger partial charge in [0.25, 0.3) is 5.91 Å². The smallest absolute Gasteiger partial charge is 0.475 e. The van der Waals surface area contributed by atoms with Crippen LogP contribution in [0.15, 0.2) is 24.4 Å². The molecule has 1 aliphatic carbocycles. The first kappa shape index (κ1) is 35.2. The zero-order chi connectivity index (χ0) is 35.7. The molecule has 1 saturated carbocycles. The van der Waals surface area contributed by atoms with Gasteiger partial charge in [0, 0.05) is 41.8 Å². The van der Waals surface area contributed by atoms with Gasteiger partial charge in [0.1, 0.15) is 5.69 Å². The van der Waals surface area contributed by atoms with Gasteiger partial charge in [0.2, 0.25) is 11.8 Å². The zero-order valence-electron chi connectivity index (χ0n) is 26.3. The number of alkyl halides is 6. The van der Waals surface area contributed by atoms with Crippen molar-refractivity contribution in [2.75, 3.05) is 13.1 Å². The highest BCUT2D eigenvalue weighted by Gasteiger charge is 2.72. The quantitative estimate of drug-likeness (QED) is 0.278. The number of aromatic nitrogens is 2. The van der Waals surface area contributed by atoms with Crippen molar-refractivity contribution in [1.29, 1.82) is 0 Å². The summed E-state index contributed by atoms with van der Waals surface area (Å²) in [6.45, 7) is 10.3. The number of piperidine rings is 1. The predicted octanol–water partition coefficient (Wildman–Crippen LogP) is 5.28. The largest absolute Gasteiger partial charge is 0.490 e. The molecular weight excluding hydrogens is 668 g/mol. The fourth-order valence-corrected chi connectivity index (χ4v) is 7.63. The molecule has 258 valence electrons. The van der Waals surface area contributed by atoms with Gasteiger partial charge in [0.05, 0.1) is 39.9 Å². The van der Waals surface area contributed by atoms with E-state index in [9.17, 15) is 40.7 Å². The van der Waals surface area contributed by atoms with E-state index in [2.05, 4.69) is 15.3 Å². The van der Waals surface area contributed by atoms with E-state index in [0.717, 1.165) is 6.07 Å². The van der Waals surface area contributed by atoms with Gasteiger partial charge in [0.15, 0.2) is 0 Å². The van der Waals surface area contributed by atoms with Crippen LogP contribution in [0.25, 0.3) is 21.5 Å². The molecule has 2 aliphatic heterocycles. The molecule has 0 radical (unpaired) electrons. The highest BCUT2D eigenvalue weighted by Crippen LogP contribution is 2.63. The van der Waals surface area contributed by atoms with Crippen LogP contribution in [0, 0.1) is 24.2 Å². The van der Waals surface area contributed by atoms with E-state index in [-0.39, 0.29) is 70.4 Å². The average molecular weight is 700 g/mol. The second-order valence-electron chi connectivity index (χ2n) is 12.7. The molecule has 17 heteroatoms. The summed E-state index contributed by atoms with van der Waals surface area (Å²) in [6, 6.07) is 3.89. The fourth-order valence-electron chi connectivity index (χ4n) is 6.51.